The van der Waals surface area contributed by atoms with Crippen molar-refractivity contribution >= 4 is 23.4 Å². The Bertz CT molecular complexity index is 751. The molecule has 1 N–H and O–H groups in total. The van der Waals surface area contributed by atoms with E-state index >= 15 is 0 Å². The molecule has 26 heavy (non-hydrogen) atoms. The Hall–Kier alpha value is -2.33. The van der Waals surface area contributed by atoms with Crippen LogP contribution < -0.4 is 5.32 Å². The third kappa shape index (κ3) is 5.09. The lowest BCUT2D eigenvalue weighted by atomic mass is 10.1. The number of halogens is 1. The van der Waals surface area contributed by atoms with E-state index in [9.17, 15) is 9.59 Å². The second-order valence-electron chi connectivity index (χ2n) is 6.60. The molecule has 4 nitrogen and oxygen atoms in total. The van der Waals surface area contributed by atoms with Crippen LogP contribution in [0.4, 0.5) is 0 Å². The first-order valence-electron chi connectivity index (χ1n) is 9.01. The van der Waals surface area contributed by atoms with Gasteiger partial charge in [-0.15, -0.1) is 0 Å². The molecule has 0 aromatic heterocycles. The van der Waals surface area contributed by atoms with E-state index in [1.165, 1.54) is 0 Å². The Morgan fingerprint density at radius 3 is 2.19 bits per heavy atom. The van der Waals surface area contributed by atoms with E-state index in [-0.39, 0.29) is 11.8 Å². The number of carbonyl (C=O) groups is 2. The molecule has 0 saturated carbocycles. The lowest BCUT2D eigenvalue weighted by molar-refractivity contribution is -0.121. The monoisotopic (exact) mass is 370 g/mol. The van der Waals surface area contributed by atoms with Gasteiger partial charge >= 0.3 is 0 Å². The van der Waals surface area contributed by atoms with Crippen molar-refractivity contribution in [3.8, 4) is 0 Å². The SMILES string of the molecule is O=C(CCc1ccc(Cl)cc1)NCc1ccc(C(=O)N2CCCC2)cc1. The molecule has 5 heteroatoms. The van der Waals surface area contributed by atoms with Crippen molar-refractivity contribution in [3.63, 3.8) is 0 Å². The number of benzene rings is 2. The lowest BCUT2D eigenvalue weighted by Crippen LogP contribution is -2.27. The van der Waals surface area contributed by atoms with E-state index in [4.69, 9.17) is 11.6 Å². The van der Waals surface area contributed by atoms with E-state index in [2.05, 4.69) is 5.32 Å². The van der Waals surface area contributed by atoms with Crippen LogP contribution in [0.15, 0.2) is 48.5 Å². The minimum atomic E-state index is 0.0113. The average Bonchev–Trinajstić information content (AvgIpc) is 3.20. The van der Waals surface area contributed by atoms with Gasteiger partial charge in [-0.05, 0) is 54.7 Å². The van der Waals surface area contributed by atoms with E-state index in [1.807, 2.05) is 53.4 Å². The van der Waals surface area contributed by atoms with Crippen molar-refractivity contribution < 1.29 is 9.59 Å². The molecular weight excluding hydrogens is 348 g/mol. The number of aryl methyl sites for hydroxylation is 1. The van der Waals surface area contributed by atoms with Gasteiger partial charge in [-0.1, -0.05) is 35.9 Å². The fourth-order valence-corrected chi connectivity index (χ4v) is 3.19. The van der Waals surface area contributed by atoms with Crippen LogP contribution in [0, 0.1) is 0 Å². The minimum absolute atomic E-state index is 0.0113. The maximum absolute atomic E-state index is 12.3. The van der Waals surface area contributed by atoms with Gasteiger partial charge in [-0.2, -0.15) is 0 Å². The van der Waals surface area contributed by atoms with Crippen molar-refractivity contribution in [3.05, 3.63) is 70.2 Å². The second-order valence-corrected chi connectivity index (χ2v) is 7.04. The van der Waals surface area contributed by atoms with Crippen LogP contribution >= 0.6 is 11.6 Å². The summed E-state index contributed by atoms with van der Waals surface area (Å²) in [5, 5.41) is 3.62. The van der Waals surface area contributed by atoms with Gasteiger partial charge in [0.15, 0.2) is 0 Å². The number of rotatable bonds is 6. The zero-order chi connectivity index (χ0) is 18.4. The highest BCUT2D eigenvalue weighted by atomic mass is 35.5. The molecule has 3 rings (SSSR count). The minimum Gasteiger partial charge on any atom is -0.352 e. The van der Waals surface area contributed by atoms with Crippen LogP contribution in [-0.4, -0.2) is 29.8 Å². The van der Waals surface area contributed by atoms with Gasteiger partial charge in [0.1, 0.15) is 0 Å². The summed E-state index contributed by atoms with van der Waals surface area (Å²) >= 11 is 5.86. The fraction of sp³-hybridized carbons (Fsp3) is 0.333. The first-order chi connectivity index (χ1) is 12.6. The largest absolute Gasteiger partial charge is 0.352 e. The molecule has 2 aromatic carbocycles. The quantitative estimate of drug-likeness (QED) is 0.840. The van der Waals surface area contributed by atoms with Gasteiger partial charge in [-0.25, -0.2) is 0 Å². The maximum atomic E-state index is 12.3. The topological polar surface area (TPSA) is 49.4 Å². The molecule has 0 unspecified atom stereocenters. The Balaban J connectivity index is 1.44. The maximum Gasteiger partial charge on any atom is 0.253 e. The number of likely N-dealkylation sites (tertiary alicyclic amines) is 1. The summed E-state index contributed by atoms with van der Waals surface area (Å²) in [6, 6.07) is 15.0. The van der Waals surface area contributed by atoms with Crippen molar-refractivity contribution in [2.24, 2.45) is 0 Å². The molecule has 0 aliphatic carbocycles. The molecule has 2 aromatic rings. The predicted octanol–water partition coefficient (Wildman–Crippen LogP) is 3.83. The fourth-order valence-electron chi connectivity index (χ4n) is 3.07. The van der Waals surface area contributed by atoms with Crippen molar-refractivity contribution in [1.29, 1.82) is 0 Å². The number of nitrogens with zero attached hydrogens (tertiary/aromatic N) is 1. The lowest BCUT2D eigenvalue weighted by Gasteiger charge is -2.15. The molecule has 136 valence electrons. The molecule has 1 aliphatic rings. The van der Waals surface area contributed by atoms with Crippen molar-refractivity contribution in [2.45, 2.75) is 32.2 Å². The van der Waals surface area contributed by atoms with Gasteiger partial charge in [-0.3, -0.25) is 9.59 Å². The van der Waals surface area contributed by atoms with Gasteiger partial charge in [0.25, 0.3) is 5.91 Å². The normalized spacial score (nSPS) is 13.7. The molecule has 1 fully saturated rings. The van der Waals surface area contributed by atoms with Crippen molar-refractivity contribution in [2.75, 3.05) is 13.1 Å². The van der Waals surface area contributed by atoms with E-state index < -0.39 is 0 Å². The van der Waals surface area contributed by atoms with Crippen LogP contribution in [0.1, 0.15) is 40.7 Å². The van der Waals surface area contributed by atoms with Gasteiger partial charge in [0.05, 0.1) is 0 Å². The Morgan fingerprint density at radius 2 is 1.54 bits per heavy atom. The van der Waals surface area contributed by atoms with E-state index in [1.54, 1.807) is 0 Å². The smallest absolute Gasteiger partial charge is 0.253 e. The molecule has 1 saturated heterocycles. The molecular formula is C21H23ClN2O2. The second kappa shape index (κ2) is 8.86. The third-order valence-corrected chi connectivity index (χ3v) is 4.89. The van der Waals surface area contributed by atoms with Crippen molar-refractivity contribution in [1.82, 2.24) is 10.2 Å². The predicted molar refractivity (Wildman–Crippen MR) is 103 cm³/mol. The summed E-state index contributed by atoms with van der Waals surface area (Å²) in [5.74, 6) is 0.109. The Labute approximate surface area is 159 Å². The Morgan fingerprint density at radius 1 is 0.923 bits per heavy atom. The molecule has 2 amide bonds. The first-order valence-corrected chi connectivity index (χ1v) is 9.39. The van der Waals surface area contributed by atoms with E-state index in [0.29, 0.717) is 30.0 Å². The summed E-state index contributed by atoms with van der Waals surface area (Å²) in [6.45, 7) is 2.17. The number of hydrogen-bond donors (Lipinski definition) is 1. The summed E-state index contributed by atoms with van der Waals surface area (Å²) in [7, 11) is 0. The standard InChI is InChI=1S/C21H23ClN2O2/c22-19-10-5-16(6-11-19)7-12-20(25)23-15-17-3-8-18(9-4-17)21(26)24-13-1-2-14-24/h3-6,8-11H,1-2,7,12-15H2,(H,23,25). The van der Waals surface area contributed by atoms with Crippen LogP contribution in [0.25, 0.3) is 0 Å². The average molecular weight is 371 g/mol. The van der Waals surface area contributed by atoms with Crippen LogP contribution in [0.3, 0.4) is 0 Å². The Kier molecular flexibility index (Phi) is 6.29. The molecule has 1 aliphatic heterocycles. The summed E-state index contributed by atoms with van der Waals surface area (Å²) in [6.07, 6.45) is 3.30. The third-order valence-electron chi connectivity index (χ3n) is 4.64. The number of nitrogens with one attached hydrogen (secondary N) is 1. The van der Waals surface area contributed by atoms with Crippen LogP contribution in [0.5, 0.6) is 0 Å². The highest BCUT2D eigenvalue weighted by molar-refractivity contribution is 6.30. The van der Waals surface area contributed by atoms with Gasteiger partial charge in [0, 0.05) is 36.6 Å². The molecule has 0 radical (unpaired) electrons. The number of carbonyl (C=O) groups excluding carboxylic acids is 2. The summed E-state index contributed by atoms with van der Waals surface area (Å²) in [4.78, 5) is 26.2. The number of amides is 2. The van der Waals surface area contributed by atoms with Crippen LogP contribution in [-0.2, 0) is 17.8 Å². The van der Waals surface area contributed by atoms with Gasteiger partial charge < -0.3 is 10.2 Å². The highest BCUT2D eigenvalue weighted by Crippen LogP contribution is 2.14. The van der Waals surface area contributed by atoms with Gasteiger partial charge in [0.2, 0.25) is 5.91 Å². The zero-order valence-electron chi connectivity index (χ0n) is 14.7. The van der Waals surface area contributed by atoms with E-state index in [0.717, 1.165) is 37.1 Å². The highest BCUT2D eigenvalue weighted by Gasteiger charge is 2.19. The molecule has 0 atom stereocenters. The van der Waals surface area contributed by atoms with Crippen LogP contribution in [0.2, 0.25) is 5.02 Å². The number of hydrogen-bond acceptors (Lipinski definition) is 2. The molecule has 0 bridgehead atoms. The summed E-state index contributed by atoms with van der Waals surface area (Å²) in [5.41, 5.74) is 2.79. The zero-order valence-corrected chi connectivity index (χ0v) is 15.5. The molecule has 1 heterocycles. The summed E-state index contributed by atoms with van der Waals surface area (Å²) < 4.78 is 0. The molecule has 0 spiro atoms. The first kappa shape index (κ1) is 18.5.